The minimum atomic E-state index is -0.282. The molecule has 7 heteroatoms. The summed E-state index contributed by atoms with van der Waals surface area (Å²) in [5.41, 5.74) is 7.10. The molecule has 0 saturated carbocycles. The lowest BCUT2D eigenvalue weighted by Gasteiger charge is -2.25. The van der Waals surface area contributed by atoms with Crippen molar-refractivity contribution >= 4 is 29.4 Å². The SMILES string of the molecule is Cc1cccc(C2SCC(=O)N(CC(=O)NC(C)C)c3c2c(C(C)(C)C)nn3-c2ccc(C)cc2C)c1. The summed E-state index contributed by atoms with van der Waals surface area (Å²) < 4.78 is 1.90. The molecule has 2 heterocycles. The van der Waals surface area contributed by atoms with Crippen molar-refractivity contribution in [3.8, 4) is 5.69 Å². The first-order valence-corrected chi connectivity index (χ1v) is 13.9. The molecule has 0 bridgehead atoms. The van der Waals surface area contributed by atoms with Crippen molar-refractivity contribution in [3.05, 3.63) is 76.0 Å². The zero-order valence-corrected chi connectivity index (χ0v) is 24.0. The van der Waals surface area contributed by atoms with E-state index in [0.29, 0.717) is 5.82 Å². The summed E-state index contributed by atoms with van der Waals surface area (Å²) in [6.07, 6.45) is 0. The number of hydrogen-bond acceptors (Lipinski definition) is 4. The Balaban J connectivity index is 2.04. The van der Waals surface area contributed by atoms with Crippen LogP contribution in [0.3, 0.4) is 0 Å². The number of amides is 2. The largest absolute Gasteiger partial charge is 0.352 e. The lowest BCUT2D eigenvalue weighted by Crippen LogP contribution is -2.44. The van der Waals surface area contributed by atoms with Crippen LogP contribution in [0.4, 0.5) is 5.82 Å². The number of rotatable bonds is 5. The van der Waals surface area contributed by atoms with Gasteiger partial charge in [0.2, 0.25) is 11.8 Å². The smallest absolute Gasteiger partial charge is 0.240 e. The molecule has 1 atom stereocenters. The highest BCUT2D eigenvalue weighted by molar-refractivity contribution is 8.00. The molecular formula is C30H38N4O2S. The van der Waals surface area contributed by atoms with Crippen LogP contribution in [0.1, 0.15) is 73.4 Å². The zero-order valence-electron chi connectivity index (χ0n) is 23.2. The third-order valence-corrected chi connectivity index (χ3v) is 7.73. The summed E-state index contributed by atoms with van der Waals surface area (Å²) >= 11 is 1.61. The van der Waals surface area contributed by atoms with Crippen LogP contribution in [0.15, 0.2) is 42.5 Å². The minimum absolute atomic E-state index is 0.0159. The Morgan fingerprint density at radius 1 is 1.11 bits per heavy atom. The number of nitrogens with zero attached hydrogens (tertiary/aromatic N) is 3. The lowest BCUT2D eigenvalue weighted by atomic mass is 9.87. The predicted octanol–water partition coefficient (Wildman–Crippen LogP) is 5.79. The van der Waals surface area contributed by atoms with Gasteiger partial charge in [0.1, 0.15) is 12.4 Å². The maximum atomic E-state index is 13.7. The molecular weight excluding hydrogens is 480 g/mol. The van der Waals surface area contributed by atoms with Crippen LogP contribution < -0.4 is 10.2 Å². The van der Waals surface area contributed by atoms with E-state index in [4.69, 9.17) is 5.10 Å². The summed E-state index contributed by atoms with van der Waals surface area (Å²) in [5.74, 6) is 0.696. The number of carbonyl (C=O) groups excluding carboxylic acids is 2. The molecule has 0 saturated heterocycles. The molecule has 1 N–H and O–H groups in total. The number of hydrogen-bond donors (Lipinski definition) is 1. The van der Waals surface area contributed by atoms with Gasteiger partial charge in [0.05, 0.1) is 22.4 Å². The second-order valence-electron chi connectivity index (χ2n) is 11.3. The first kappa shape index (κ1) is 27.0. The third-order valence-electron chi connectivity index (χ3n) is 6.48. The number of nitrogens with one attached hydrogen (secondary N) is 1. The quantitative estimate of drug-likeness (QED) is 0.464. The van der Waals surface area contributed by atoms with Gasteiger partial charge in [-0.25, -0.2) is 4.68 Å². The normalized spacial score (nSPS) is 16.1. The van der Waals surface area contributed by atoms with Crippen LogP contribution in [0.5, 0.6) is 0 Å². The summed E-state index contributed by atoms with van der Waals surface area (Å²) in [7, 11) is 0. The topological polar surface area (TPSA) is 67.2 Å². The summed E-state index contributed by atoms with van der Waals surface area (Å²) in [4.78, 5) is 28.4. The van der Waals surface area contributed by atoms with Gasteiger partial charge in [-0.1, -0.05) is 68.3 Å². The van der Waals surface area contributed by atoms with Crippen molar-refractivity contribution in [2.45, 2.75) is 72.1 Å². The van der Waals surface area contributed by atoms with Crippen LogP contribution in [0.25, 0.3) is 5.69 Å². The summed E-state index contributed by atoms with van der Waals surface area (Å²) in [6, 6.07) is 14.7. The van der Waals surface area contributed by atoms with E-state index >= 15 is 0 Å². The van der Waals surface area contributed by atoms with Gasteiger partial charge < -0.3 is 5.32 Å². The molecule has 0 radical (unpaired) electrons. The van der Waals surface area contributed by atoms with E-state index < -0.39 is 0 Å². The second kappa shape index (κ2) is 10.4. The Labute approximate surface area is 224 Å². The molecule has 196 valence electrons. The molecule has 6 nitrogen and oxygen atoms in total. The number of carbonyl (C=O) groups is 2. The van der Waals surface area contributed by atoms with Crippen molar-refractivity contribution in [2.24, 2.45) is 0 Å². The summed E-state index contributed by atoms with van der Waals surface area (Å²) in [5, 5.41) is 8.06. The van der Waals surface area contributed by atoms with Gasteiger partial charge >= 0.3 is 0 Å². The molecule has 3 aromatic rings. The van der Waals surface area contributed by atoms with Gasteiger partial charge in [-0.05, 0) is 51.8 Å². The maximum absolute atomic E-state index is 13.7. The highest BCUT2D eigenvalue weighted by atomic mass is 32.2. The maximum Gasteiger partial charge on any atom is 0.240 e. The van der Waals surface area contributed by atoms with E-state index in [2.05, 4.69) is 89.3 Å². The Morgan fingerprint density at radius 3 is 2.43 bits per heavy atom. The third kappa shape index (κ3) is 5.61. The van der Waals surface area contributed by atoms with Crippen LogP contribution >= 0.6 is 11.8 Å². The Morgan fingerprint density at radius 2 is 1.81 bits per heavy atom. The highest BCUT2D eigenvalue weighted by Crippen LogP contribution is 2.48. The first-order valence-electron chi connectivity index (χ1n) is 12.9. The molecule has 1 unspecified atom stereocenters. The van der Waals surface area contributed by atoms with E-state index in [1.54, 1.807) is 16.7 Å². The zero-order chi connectivity index (χ0) is 27.1. The van der Waals surface area contributed by atoms with Gasteiger partial charge in [0.25, 0.3) is 0 Å². The molecule has 0 aliphatic carbocycles. The number of benzene rings is 2. The fourth-order valence-electron chi connectivity index (χ4n) is 4.89. The van der Waals surface area contributed by atoms with E-state index in [-0.39, 0.29) is 40.8 Å². The van der Waals surface area contributed by atoms with Gasteiger partial charge in [0.15, 0.2) is 0 Å². The summed E-state index contributed by atoms with van der Waals surface area (Å²) in [6.45, 7) is 16.5. The Kier molecular flexibility index (Phi) is 7.56. The van der Waals surface area contributed by atoms with E-state index in [9.17, 15) is 9.59 Å². The number of aryl methyl sites for hydroxylation is 3. The first-order chi connectivity index (χ1) is 17.4. The molecule has 1 aliphatic rings. The van der Waals surface area contributed by atoms with E-state index in [1.165, 1.54) is 5.56 Å². The fraction of sp³-hybridized carbons (Fsp3) is 0.433. The number of fused-ring (bicyclic) bond motifs is 1. The van der Waals surface area contributed by atoms with Gasteiger partial charge in [-0.3, -0.25) is 14.5 Å². The molecule has 37 heavy (non-hydrogen) atoms. The lowest BCUT2D eigenvalue weighted by molar-refractivity contribution is -0.123. The number of aromatic nitrogens is 2. The standard InChI is InChI=1S/C30H38N4O2S/c1-18(2)31-24(35)16-33-25(36)17-37-27(22-11-9-10-19(3)15-22)26-28(30(6,7)8)32-34(29(26)33)23-13-12-20(4)14-21(23)5/h9-15,18,27H,16-17H2,1-8H3,(H,31,35). The Hall–Kier alpha value is -3.06. The molecule has 0 fully saturated rings. The van der Waals surface area contributed by atoms with Crippen molar-refractivity contribution in [2.75, 3.05) is 17.2 Å². The fourth-order valence-corrected chi connectivity index (χ4v) is 6.08. The number of anilines is 1. The van der Waals surface area contributed by atoms with E-state index in [1.807, 2.05) is 18.5 Å². The van der Waals surface area contributed by atoms with Crippen LogP contribution in [-0.2, 0) is 15.0 Å². The second-order valence-corrected chi connectivity index (χ2v) is 12.4. The highest BCUT2D eigenvalue weighted by Gasteiger charge is 2.40. The average Bonchev–Trinajstić information content (AvgIpc) is 3.11. The van der Waals surface area contributed by atoms with Crippen molar-refractivity contribution in [1.29, 1.82) is 0 Å². The van der Waals surface area contributed by atoms with Gasteiger partial charge in [-0.15, -0.1) is 11.8 Å². The molecule has 4 rings (SSSR count). The van der Waals surface area contributed by atoms with E-state index in [0.717, 1.165) is 33.6 Å². The van der Waals surface area contributed by atoms with Crippen LogP contribution in [0.2, 0.25) is 0 Å². The Bertz CT molecular complexity index is 1340. The molecule has 1 aliphatic heterocycles. The van der Waals surface area contributed by atoms with Crippen LogP contribution in [-0.4, -0.2) is 39.9 Å². The monoisotopic (exact) mass is 518 g/mol. The molecule has 0 spiro atoms. The predicted molar refractivity (Wildman–Crippen MR) is 153 cm³/mol. The van der Waals surface area contributed by atoms with Gasteiger partial charge in [-0.2, -0.15) is 5.10 Å². The average molecular weight is 519 g/mol. The van der Waals surface area contributed by atoms with Crippen molar-refractivity contribution < 1.29 is 9.59 Å². The van der Waals surface area contributed by atoms with Crippen LogP contribution in [0, 0.1) is 20.8 Å². The number of thioether (sulfide) groups is 1. The molecule has 1 aromatic heterocycles. The molecule has 2 amide bonds. The molecule has 2 aromatic carbocycles. The van der Waals surface area contributed by atoms with Crippen molar-refractivity contribution in [3.63, 3.8) is 0 Å². The van der Waals surface area contributed by atoms with Crippen molar-refractivity contribution in [1.82, 2.24) is 15.1 Å². The minimum Gasteiger partial charge on any atom is -0.352 e. The van der Waals surface area contributed by atoms with Gasteiger partial charge in [0, 0.05) is 17.0 Å².